The molecule has 0 spiro atoms. The molecular weight excluding hydrogens is 616 g/mol. The Morgan fingerprint density at radius 1 is 0.979 bits per heavy atom. The Bertz CT molecular complexity index is 1200. The molecule has 10 heteroatoms. The van der Waals surface area contributed by atoms with Crippen molar-refractivity contribution < 1.29 is 23.9 Å². The summed E-state index contributed by atoms with van der Waals surface area (Å²) in [4.78, 5) is 57.0. The third-order valence-electron chi connectivity index (χ3n) is 9.58. The second-order valence-corrected chi connectivity index (χ2v) is 13.5. The molecule has 3 rings (SSSR count). The SMILES string of the molecule is CCCCCCN(C(=O)CCCCCN1C(=O)NC(c2ccc(Cl)cc2)C(C(=O)OC)=C1C)C(C(=O)NCCCC)C1CCCCC1. The number of nitrogens with zero attached hydrogens (tertiary/aromatic N) is 2. The fourth-order valence-corrected chi connectivity index (χ4v) is 7.00. The smallest absolute Gasteiger partial charge is 0.337 e. The Morgan fingerprint density at radius 3 is 2.32 bits per heavy atom. The number of benzene rings is 1. The third-order valence-corrected chi connectivity index (χ3v) is 9.83. The van der Waals surface area contributed by atoms with Gasteiger partial charge in [-0.2, -0.15) is 0 Å². The average Bonchev–Trinajstić information content (AvgIpc) is 3.07. The molecule has 1 heterocycles. The minimum Gasteiger partial charge on any atom is -0.466 e. The van der Waals surface area contributed by atoms with Gasteiger partial charge in [0.05, 0.1) is 18.7 Å². The van der Waals surface area contributed by atoms with Crippen molar-refractivity contribution in [3.8, 4) is 0 Å². The Labute approximate surface area is 287 Å². The van der Waals surface area contributed by atoms with Crippen molar-refractivity contribution in [1.29, 1.82) is 0 Å². The minimum atomic E-state index is -0.638. The molecule has 0 saturated heterocycles. The van der Waals surface area contributed by atoms with Crippen LogP contribution in [0.2, 0.25) is 5.02 Å². The fourth-order valence-electron chi connectivity index (χ4n) is 6.88. The molecule has 2 atom stereocenters. The van der Waals surface area contributed by atoms with Crippen molar-refractivity contribution in [2.45, 2.75) is 129 Å². The molecule has 2 unspecified atom stereocenters. The van der Waals surface area contributed by atoms with Crippen LogP contribution in [0.5, 0.6) is 0 Å². The molecule has 2 N–H and O–H groups in total. The number of rotatable bonds is 19. The zero-order chi connectivity index (χ0) is 34.2. The van der Waals surface area contributed by atoms with E-state index in [-0.39, 0.29) is 23.8 Å². The van der Waals surface area contributed by atoms with Gasteiger partial charge < -0.3 is 20.3 Å². The standard InChI is InChI=1S/C37H57ClN4O5/c1-5-7-9-15-26-42(34(29-17-12-10-13-18-29)35(44)39-24-8-6-2)31(43)19-14-11-16-25-41-27(3)32(36(45)47-4)33(40-37(41)46)28-20-22-30(38)23-21-28/h20-23,29,33-34H,5-19,24-26H2,1-4H3,(H,39,44)(H,40,46). The highest BCUT2D eigenvalue weighted by Crippen LogP contribution is 2.33. The van der Waals surface area contributed by atoms with Crippen LogP contribution >= 0.6 is 11.6 Å². The molecule has 4 amide bonds. The highest BCUT2D eigenvalue weighted by atomic mass is 35.5. The fraction of sp³-hybridized carbons (Fsp3) is 0.676. The van der Waals surface area contributed by atoms with Crippen LogP contribution in [-0.2, 0) is 19.1 Å². The molecule has 1 aliphatic carbocycles. The lowest BCUT2D eigenvalue weighted by Crippen LogP contribution is -2.54. The number of ether oxygens (including phenoxy) is 1. The number of hydrogen-bond donors (Lipinski definition) is 2. The molecule has 0 aromatic heterocycles. The van der Waals surface area contributed by atoms with Crippen LogP contribution in [-0.4, -0.2) is 66.4 Å². The number of hydrogen-bond acceptors (Lipinski definition) is 5. The first kappa shape index (κ1) is 38.4. The summed E-state index contributed by atoms with van der Waals surface area (Å²) in [5.41, 5.74) is 1.68. The number of carbonyl (C=O) groups excluding carboxylic acids is 4. The maximum Gasteiger partial charge on any atom is 0.337 e. The van der Waals surface area contributed by atoms with Gasteiger partial charge in [-0.05, 0) is 69.1 Å². The van der Waals surface area contributed by atoms with Crippen LogP contribution < -0.4 is 10.6 Å². The topological polar surface area (TPSA) is 108 Å². The lowest BCUT2D eigenvalue weighted by Gasteiger charge is -2.38. The van der Waals surface area contributed by atoms with E-state index >= 15 is 0 Å². The molecule has 2 aliphatic rings. The maximum atomic E-state index is 13.8. The van der Waals surface area contributed by atoms with Gasteiger partial charge in [-0.25, -0.2) is 9.59 Å². The van der Waals surface area contributed by atoms with Crippen LogP contribution in [0.3, 0.4) is 0 Å². The summed E-state index contributed by atoms with van der Waals surface area (Å²) in [6.07, 6.45) is 13.9. The first-order valence-electron chi connectivity index (χ1n) is 17.9. The summed E-state index contributed by atoms with van der Waals surface area (Å²) in [5, 5.41) is 6.68. The molecule has 1 fully saturated rings. The number of urea groups is 1. The number of halogens is 1. The monoisotopic (exact) mass is 672 g/mol. The van der Waals surface area contributed by atoms with E-state index in [1.54, 1.807) is 36.1 Å². The largest absolute Gasteiger partial charge is 0.466 e. The van der Waals surface area contributed by atoms with Gasteiger partial charge in [-0.1, -0.05) is 88.9 Å². The third kappa shape index (κ3) is 11.3. The molecular formula is C37H57ClN4O5. The van der Waals surface area contributed by atoms with Gasteiger partial charge in [-0.15, -0.1) is 0 Å². The summed E-state index contributed by atoms with van der Waals surface area (Å²) >= 11 is 6.06. The van der Waals surface area contributed by atoms with E-state index < -0.39 is 18.1 Å². The van der Waals surface area contributed by atoms with Gasteiger partial charge in [0, 0.05) is 36.8 Å². The van der Waals surface area contributed by atoms with Crippen molar-refractivity contribution in [2.75, 3.05) is 26.7 Å². The van der Waals surface area contributed by atoms with Gasteiger partial charge in [0.2, 0.25) is 11.8 Å². The van der Waals surface area contributed by atoms with E-state index in [1.807, 2.05) is 4.90 Å². The molecule has 1 saturated carbocycles. The van der Waals surface area contributed by atoms with E-state index in [0.717, 1.165) is 76.2 Å². The Morgan fingerprint density at radius 2 is 1.66 bits per heavy atom. The zero-order valence-electron chi connectivity index (χ0n) is 29.1. The first-order valence-corrected chi connectivity index (χ1v) is 18.3. The Kier molecular flexibility index (Phi) is 16.6. The molecule has 0 bridgehead atoms. The Balaban J connectivity index is 1.66. The zero-order valence-corrected chi connectivity index (χ0v) is 29.8. The number of nitrogens with one attached hydrogen (secondary N) is 2. The van der Waals surface area contributed by atoms with E-state index in [4.69, 9.17) is 16.3 Å². The van der Waals surface area contributed by atoms with Crippen molar-refractivity contribution in [2.24, 2.45) is 5.92 Å². The minimum absolute atomic E-state index is 0.00544. The normalized spacial score (nSPS) is 17.7. The number of unbranched alkanes of at least 4 members (excludes halogenated alkanes) is 6. The van der Waals surface area contributed by atoms with Gasteiger partial charge >= 0.3 is 12.0 Å². The van der Waals surface area contributed by atoms with Crippen molar-refractivity contribution in [3.05, 3.63) is 46.1 Å². The van der Waals surface area contributed by atoms with E-state index in [1.165, 1.54) is 13.5 Å². The first-order chi connectivity index (χ1) is 22.7. The van der Waals surface area contributed by atoms with E-state index in [2.05, 4.69) is 24.5 Å². The number of allylic oxidation sites excluding steroid dienone is 1. The predicted octanol–water partition coefficient (Wildman–Crippen LogP) is 7.69. The van der Waals surface area contributed by atoms with Crippen LogP contribution in [0, 0.1) is 5.92 Å². The van der Waals surface area contributed by atoms with Gasteiger partial charge in [0.15, 0.2) is 0 Å². The molecule has 47 heavy (non-hydrogen) atoms. The predicted molar refractivity (Wildman–Crippen MR) is 187 cm³/mol. The second kappa shape index (κ2) is 20.3. The average molecular weight is 673 g/mol. The van der Waals surface area contributed by atoms with E-state index in [0.29, 0.717) is 55.2 Å². The van der Waals surface area contributed by atoms with Gasteiger partial charge in [-0.3, -0.25) is 14.5 Å². The molecule has 1 aromatic carbocycles. The molecule has 1 aromatic rings. The number of esters is 1. The maximum absolute atomic E-state index is 13.8. The van der Waals surface area contributed by atoms with Crippen molar-refractivity contribution in [1.82, 2.24) is 20.4 Å². The molecule has 1 aliphatic heterocycles. The summed E-state index contributed by atoms with van der Waals surface area (Å²) < 4.78 is 5.09. The summed E-state index contributed by atoms with van der Waals surface area (Å²) in [6.45, 7) is 7.72. The van der Waals surface area contributed by atoms with Gasteiger partial charge in [0.1, 0.15) is 6.04 Å². The summed E-state index contributed by atoms with van der Waals surface area (Å²) in [7, 11) is 1.33. The summed E-state index contributed by atoms with van der Waals surface area (Å²) in [6, 6.07) is 5.70. The van der Waals surface area contributed by atoms with Crippen LogP contribution in [0.1, 0.15) is 129 Å². The van der Waals surface area contributed by atoms with E-state index in [9.17, 15) is 19.2 Å². The highest BCUT2D eigenvalue weighted by Gasteiger charge is 2.37. The number of methoxy groups -OCH3 is 1. The van der Waals surface area contributed by atoms with Gasteiger partial charge in [0.25, 0.3) is 0 Å². The Hall–Kier alpha value is -3.07. The van der Waals surface area contributed by atoms with Crippen LogP contribution in [0.4, 0.5) is 4.79 Å². The molecule has 262 valence electrons. The quantitative estimate of drug-likeness (QED) is 0.116. The van der Waals surface area contributed by atoms with Crippen molar-refractivity contribution in [3.63, 3.8) is 0 Å². The number of amides is 4. The highest BCUT2D eigenvalue weighted by molar-refractivity contribution is 6.30. The molecule has 9 nitrogen and oxygen atoms in total. The number of carbonyl (C=O) groups is 4. The molecule has 0 radical (unpaired) electrons. The summed E-state index contributed by atoms with van der Waals surface area (Å²) in [5.74, 6) is -0.240. The lowest BCUT2D eigenvalue weighted by atomic mass is 9.82. The van der Waals surface area contributed by atoms with Crippen LogP contribution in [0.15, 0.2) is 35.5 Å². The van der Waals surface area contributed by atoms with Crippen molar-refractivity contribution >= 4 is 35.4 Å². The van der Waals surface area contributed by atoms with Crippen LogP contribution in [0.25, 0.3) is 0 Å². The second-order valence-electron chi connectivity index (χ2n) is 13.0. The lowest BCUT2D eigenvalue weighted by molar-refractivity contribution is -0.143.